The van der Waals surface area contributed by atoms with Gasteiger partial charge in [0.25, 0.3) is 5.91 Å². The van der Waals surface area contributed by atoms with E-state index in [9.17, 15) is 9.59 Å². The van der Waals surface area contributed by atoms with E-state index in [1.54, 1.807) is 12.1 Å². The lowest BCUT2D eigenvalue weighted by molar-refractivity contribution is -0.137. The lowest BCUT2D eigenvalue weighted by atomic mass is 10.0. The molecule has 0 bridgehead atoms. The Morgan fingerprint density at radius 3 is 2.79 bits per heavy atom. The Kier molecular flexibility index (Phi) is 4.82. The standard InChI is InChI=1S/C17H13NO4S2/c19-15(20)7-8-22-13-6-5-10-3-1-2-4-11(10)12(13)9-14-16(21)18-17(23)24-14/h1-6,9H,7-8H2,(H,19,20)(H,18,21,23). The molecule has 0 unspecified atom stereocenters. The molecule has 0 aromatic heterocycles. The number of hydrogen-bond donors (Lipinski definition) is 2. The van der Waals surface area contributed by atoms with Crippen molar-refractivity contribution in [1.82, 2.24) is 5.32 Å². The van der Waals surface area contributed by atoms with Crippen LogP contribution in [0.15, 0.2) is 41.3 Å². The van der Waals surface area contributed by atoms with Crippen LogP contribution < -0.4 is 10.1 Å². The second kappa shape index (κ2) is 7.02. The van der Waals surface area contributed by atoms with E-state index in [-0.39, 0.29) is 18.9 Å². The maximum atomic E-state index is 11.9. The van der Waals surface area contributed by atoms with E-state index < -0.39 is 5.97 Å². The summed E-state index contributed by atoms with van der Waals surface area (Å²) in [5.41, 5.74) is 0.737. The minimum Gasteiger partial charge on any atom is -0.492 e. The Bertz CT molecular complexity index is 876. The first-order chi connectivity index (χ1) is 11.5. The predicted molar refractivity (Wildman–Crippen MR) is 98.0 cm³/mol. The molecule has 2 aromatic carbocycles. The molecule has 1 saturated heterocycles. The summed E-state index contributed by atoms with van der Waals surface area (Å²) in [5, 5.41) is 13.3. The molecule has 0 saturated carbocycles. The maximum absolute atomic E-state index is 11.9. The van der Waals surface area contributed by atoms with E-state index in [1.807, 2.05) is 30.3 Å². The lowest BCUT2D eigenvalue weighted by Crippen LogP contribution is -2.17. The molecule has 1 amide bonds. The molecule has 0 radical (unpaired) electrons. The molecule has 7 heteroatoms. The highest BCUT2D eigenvalue weighted by Gasteiger charge is 2.23. The molecule has 1 aliphatic rings. The first-order valence-corrected chi connectivity index (χ1v) is 8.38. The molecule has 0 atom stereocenters. The van der Waals surface area contributed by atoms with Gasteiger partial charge in [0.05, 0.1) is 17.9 Å². The van der Waals surface area contributed by atoms with Crippen LogP contribution in [0.1, 0.15) is 12.0 Å². The second-order valence-electron chi connectivity index (χ2n) is 5.04. The Balaban J connectivity index is 2.04. The molecule has 24 heavy (non-hydrogen) atoms. The van der Waals surface area contributed by atoms with Gasteiger partial charge in [-0.05, 0) is 22.9 Å². The first-order valence-electron chi connectivity index (χ1n) is 7.16. The Morgan fingerprint density at radius 2 is 2.08 bits per heavy atom. The van der Waals surface area contributed by atoms with Crippen LogP contribution in [0.2, 0.25) is 0 Å². The number of carboxylic acids is 1. The third-order valence-corrected chi connectivity index (χ3v) is 4.58. The number of thioether (sulfide) groups is 1. The van der Waals surface area contributed by atoms with Crippen molar-refractivity contribution in [1.29, 1.82) is 0 Å². The van der Waals surface area contributed by atoms with Crippen molar-refractivity contribution < 1.29 is 19.4 Å². The molecule has 5 nitrogen and oxygen atoms in total. The average Bonchev–Trinajstić information content (AvgIpc) is 2.86. The number of thiocarbonyl (C=S) groups is 1. The van der Waals surface area contributed by atoms with Crippen molar-refractivity contribution >= 4 is 57.0 Å². The van der Waals surface area contributed by atoms with Crippen LogP contribution in [0.4, 0.5) is 0 Å². The van der Waals surface area contributed by atoms with Crippen LogP contribution in [0, 0.1) is 0 Å². The van der Waals surface area contributed by atoms with E-state index in [0.717, 1.165) is 16.3 Å². The number of benzene rings is 2. The van der Waals surface area contributed by atoms with Gasteiger partial charge in [-0.1, -0.05) is 54.3 Å². The molecule has 1 aliphatic heterocycles. The Labute approximate surface area is 147 Å². The normalized spacial score (nSPS) is 15.8. The van der Waals surface area contributed by atoms with Crippen molar-refractivity contribution in [2.45, 2.75) is 6.42 Å². The smallest absolute Gasteiger partial charge is 0.306 e. The third-order valence-electron chi connectivity index (χ3n) is 3.42. The number of aliphatic carboxylic acids is 1. The fourth-order valence-electron chi connectivity index (χ4n) is 2.35. The number of carboxylic acid groups (broad SMARTS) is 1. The average molecular weight is 359 g/mol. The number of ether oxygens (including phenoxy) is 1. The van der Waals surface area contributed by atoms with Gasteiger partial charge in [-0.2, -0.15) is 0 Å². The van der Waals surface area contributed by atoms with Gasteiger partial charge in [0.2, 0.25) is 0 Å². The summed E-state index contributed by atoms with van der Waals surface area (Å²) in [6, 6.07) is 11.4. The SMILES string of the molecule is O=C(O)CCOc1ccc2ccccc2c1C=C1SC(=S)NC1=O. The summed E-state index contributed by atoms with van der Waals surface area (Å²) in [6.07, 6.45) is 1.64. The predicted octanol–water partition coefficient (Wildman–Crippen LogP) is 3.18. The van der Waals surface area contributed by atoms with Gasteiger partial charge in [-0.15, -0.1) is 0 Å². The fourth-order valence-corrected chi connectivity index (χ4v) is 3.38. The minimum atomic E-state index is -0.924. The van der Waals surface area contributed by atoms with Crippen LogP contribution in [0.3, 0.4) is 0 Å². The lowest BCUT2D eigenvalue weighted by Gasteiger charge is -2.12. The summed E-state index contributed by atoms with van der Waals surface area (Å²) in [4.78, 5) is 23.1. The van der Waals surface area contributed by atoms with Crippen molar-refractivity contribution in [3.05, 3.63) is 46.9 Å². The van der Waals surface area contributed by atoms with Crippen LogP contribution in [0.5, 0.6) is 5.75 Å². The number of rotatable bonds is 5. The molecule has 1 heterocycles. The molecular weight excluding hydrogens is 346 g/mol. The highest BCUT2D eigenvalue weighted by molar-refractivity contribution is 8.26. The molecule has 122 valence electrons. The van der Waals surface area contributed by atoms with Crippen LogP contribution >= 0.6 is 24.0 Å². The molecule has 2 aromatic rings. The highest BCUT2D eigenvalue weighted by Crippen LogP contribution is 2.34. The monoisotopic (exact) mass is 359 g/mol. The van der Waals surface area contributed by atoms with Crippen LogP contribution in [0.25, 0.3) is 16.8 Å². The quantitative estimate of drug-likeness (QED) is 0.631. The number of carbonyl (C=O) groups is 2. The molecule has 0 spiro atoms. The van der Waals surface area contributed by atoms with Crippen molar-refractivity contribution in [2.24, 2.45) is 0 Å². The zero-order valence-electron chi connectivity index (χ0n) is 12.4. The van der Waals surface area contributed by atoms with Gasteiger partial charge in [-0.25, -0.2) is 0 Å². The zero-order chi connectivity index (χ0) is 17.1. The molecule has 0 aliphatic carbocycles. The number of fused-ring (bicyclic) bond motifs is 1. The minimum absolute atomic E-state index is 0.0571. The maximum Gasteiger partial charge on any atom is 0.306 e. The van der Waals surface area contributed by atoms with Gasteiger partial charge >= 0.3 is 5.97 Å². The van der Waals surface area contributed by atoms with Crippen molar-refractivity contribution in [3.63, 3.8) is 0 Å². The summed E-state index contributed by atoms with van der Waals surface area (Å²) in [7, 11) is 0. The van der Waals surface area contributed by atoms with Crippen LogP contribution in [-0.4, -0.2) is 27.9 Å². The summed E-state index contributed by atoms with van der Waals surface area (Å²) in [5.74, 6) is -0.630. The third kappa shape index (κ3) is 3.58. The zero-order valence-corrected chi connectivity index (χ0v) is 14.1. The van der Waals surface area contributed by atoms with E-state index in [2.05, 4.69) is 5.32 Å². The fraction of sp³-hybridized carbons (Fsp3) is 0.118. The number of hydrogen-bond acceptors (Lipinski definition) is 5. The van der Waals surface area contributed by atoms with Crippen molar-refractivity contribution in [2.75, 3.05) is 6.61 Å². The van der Waals surface area contributed by atoms with E-state index in [0.29, 0.717) is 15.0 Å². The van der Waals surface area contributed by atoms with Gasteiger partial charge in [0.1, 0.15) is 10.1 Å². The number of nitrogens with one attached hydrogen (secondary N) is 1. The molecule has 2 N–H and O–H groups in total. The number of carbonyl (C=O) groups excluding carboxylic acids is 1. The summed E-state index contributed by atoms with van der Waals surface area (Å²) < 4.78 is 6.05. The van der Waals surface area contributed by atoms with E-state index >= 15 is 0 Å². The summed E-state index contributed by atoms with van der Waals surface area (Å²) >= 11 is 6.21. The summed E-state index contributed by atoms with van der Waals surface area (Å²) in [6.45, 7) is 0.0571. The van der Waals surface area contributed by atoms with E-state index in [4.69, 9.17) is 22.1 Å². The molecule has 3 rings (SSSR count). The van der Waals surface area contributed by atoms with Gasteiger partial charge < -0.3 is 15.2 Å². The highest BCUT2D eigenvalue weighted by atomic mass is 32.2. The largest absolute Gasteiger partial charge is 0.492 e. The Morgan fingerprint density at radius 1 is 1.29 bits per heavy atom. The molecular formula is C17H13NO4S2. The van der Waals surface area contributed by atoms with Gasteiger partial charge in [0, 0.05) is 5.56 Å². The van der Waals surface area contributed by atoms with Gasteiger partial charge in [-0.3, -0.25) is 9.59 Å². The first kappa shape index (κ1) is 16.5. The molecule has 1 fully saturated rings. The van der Waals surface area contributed by atoms with Gasteiger partial charge in [0.15, 0.2) is 0 Å². The van der Waals surface area contributed by atoms with Crippen molar-refractivity contribution in [3.8, 4) is 5.75 Å². The topological polar surface area (TPSA) is 75.6 Å². The Hall–Kier alpha value is -2.38. The second-order valence-corrected chi connectivity index (χ2v) is 6.76. The number of amides is 1. The van der Waals surface area contributed by atoms with E-state index in [1.165, 1.54) is 11.8 Å². The van der Waals surface area contributed by atoms with Crippen LogP contribution in [-0.2, 0) is 9.59 Å².